The van der Waals surface area contributed by atoms with Gasteiger partial charge in [0, 0.05) is 43.3 Å². The van der Waals surface area contributed by atoms with Gasteiger partial charge in [-0.05, 0) is 37.1 Å². The molecule has 1 amide bonds. The number of nitrogens with one attached hydrogen (secondary N) is 2. The maximum Gasteiger partial charge on any atom is 0.273 e. The smallest absolute Gasteiger partial charge is 0.273 e. The molecule has 4 rings (SSSR count). The summed E-state index contributed by atoms with van der Waals surface area (Å²) >= 11 is 0. The van der Waals surface area contributed by atoms with E-state index in [-0.39, 0.29) is 5.91 Å². The Morgan fingerprint density at radius 1 is 1.39 bits per heavy atom. The number of likely N-dealkylation sites (tertiary alicyclic amines) is 1. The van der Waals surface area contributed by atoms with Crippen LogP contribution in [0.1, 0.15) is 28.9 Å². The van der Waals surface area contributed by atoms with Crippen molar-refractivity contribution in [1.29, 1.82) is 0 Å². The first-order valence-electron chi connectivity index (χ1n) is 9.71. The van der Waals surface area contributed by atoms with Crippen molar-refractivity contribution in [3.63, 3.8) is 0 Å². The van der Waals surface area contributed by atoms with E-state index in [4.69, 9.17) is 4.74 Å². The quantitative estimate of drug-likeness (QED) is 0.580. The molecule has 0 radical (unpaired) electrons. The summed E-state index contributed by atoms with van der Waals surface area (Å²) in [6, 6.07) is 8.94. The lowest BCUT2D eigenvalue weighted by Crippen LogP contribution is -2.32. The number of benzene rings is 1. The van der Waals surface area contributed by atoms with E-state index in [1.165, 1.54) is 22.9 Å². The molecule has 8 nitrogen and oxygen atoms in total. The van der Waals surface area contributed by atoms with Crippen molar-refractivity contribution in [1.82, 2.24) is 30.2 Å². The van der Waals surface area contributed by atoms with Gasteiger partial charge >= 0.3 is 0 Å². The van der Waals surface area contributed by atoms with E-state index < -0.39 is 0 Å². The highest BCUT2D eigenvalue weighted by molar-refractivity contribution is 5.91. The second-order valence-corrected chi connectivity index (χ2v) is 7.20. The van der Waals surface area contributed by atoms with Gasteiger partial charge in [-0.1, -0.05) is 17.3 Å². The van der Waals surface area contributed by atoms with Gasteiger partial charge in [-0.15, -0.1) is 5.10 Å². The van der Waals surface area contributed by atoms with Gasteiger partial charge in [0.2, 0.25) is 0 Å². The van der Waals surface area contributed by atoms with Crippen LogP contribution in [-0.4, -0.2) is 63.6 Å². The number of rotatable bonds is 8. The molecular weight excluding hydrogens is 356 g/mol. The Morgan fingerprint density at radius 2 is 2.32 bits per heavy atom. The largest absolute Gasteiger partial charge is 0.383 e. The number of amides is 1. The van der Waals surface area contributed by atoms with Crippen molar-refractivity contribution in [2.75, 3.05) is 26.8 Å². The van der Waals surface area contributed by atoms with Gasteiger partial charge in [-0.25, -0.2) is 0 Å². The summed E-state index contributed by atoms with van der Waals surface area (Å²) in [6.07, 6.45) is 6.01. The Morgan fingerprint density at radius 3 is 3.21 bits per heavy atom. The molecule has 3 heterocycles. The van der Waals surface area contributed by atoms with Crippen molar-refractivity contribution >= 4 is 16.8 Å². The van der Waals surface area contributed by atoms with E-state index in [9.17, 15) is 4.79 Å². The second kappa shape index (κ2) is 8.53. The van der Waals surface area contributed by atoms with Crippen LogP contribution >= 0.6 is 0 Å². The maximum absolute atomic E-state index is 12.1. The average Bonchev–Trinajstić information content (AvgIpc) is 3.44. The molecule has 1 atom stereocenters. The van der Waals surface area contributed by atoms with Gasteiger partial charge in [-0.2, -0.15) is 0 Å². The zero-order chi connectivity index (χ0) is 19.3. The van der Waals surface area contributed by atoms with Crippen molar-refractivity contribution < 1.29 is 9.53 Å². The molecule has 1 aliphatic rings. The highest BCUT2D eigenvalue weighted by Crippen LogP contribution is 2.25. The monoisotopic (exact) mass is 382 g/mol. The fourth-order valence-corrected chi connectivity index (χ4v) is 3.88. The van der Waals surface area contributed by atoms with Crippen LogP contribution in [0.3, 0.4) is 0 Å². The van der Waals surface area contributed by atoms with E-state index in [1.54, 1.807) is 18.0 Å². The molecular formula is C20H26N6O2. The van der Waals surface area contributed by atoms with Gasteiger partial charge in [0.05, 0.1) is 19.3 Å². The van der Waals surface area contributed by atoms with Crippen LogP contribution in [0.25, 0.3) is 10.9 Å². The van der Waals surface area contributed by atoms with Crippen LogP contribution in [0.5, 0.6) is 0 Å². The van der Waals surface area contributed by atoms with Crippen molar-refractivity contribution in [3.05, 3.63) is 47.9 Å². The molecule has 0 spiro atoms. The minimum absolute atomic E-state index is 0.217. The number of aromatic nitrogens is 4. The summed E-state index contributed by atoms with van der Waals surface area (Å²) < 4.78 is 6.72. The van der Waals surface area contributed by atoms with Crippen LogP contribution in [0.4, 0.5) is 0 Å². The van der Waals surface area contributed by atoms with E-state index in [2.05, 4.69) is 49.8 Å². The summed E-state index contributed by atoms with van der Waals surface area (Å²) in [5.74, 6) is -0.217. The zero-order valence-electron chi connectivity index (χ0n) is 16.1. The molecule has 1 saturated heterocycles. The van der Waals surface area contributed by atoms with Gasteiger partial charge in [0.1, 0.15) is 0 Å². The number of carbonyl (C=O) groups is 1. The third-order valence-corrected chi connectivity index (χ3v) is 5.32. The van der Waals surface area contributed by atoms with Crippen molar-refractivity contribution in [2.24, 2.45) is 0 Å². The maximum atomic E-state index is 12.1. The number of hydrogen-bond donors (Lipinski definition) is 2. The minimum atomic E-state index is -0.217. The molecule has 2 aromatic heterocycles. The number of hydrogen-bond acceptors (Lipinski definition) is 5. The Balaban J connectivity index is 1.39. The Bertz CT molecular complexity index is 934. The van der Waals surface area contributed by atoms with E-state index in [0.717, 1.165) is 26.1 Å². The topological polar surface area (TPSA) is 88.1 Å². The first kappa shape index (κ1) is 18.6. The standard InChI is InChI=1S/C20H26N6O2/c1-28-11-9-22-20(27)19-14-26(24-23-19)13-16-5-3-10-25(16)12-15-4-2-6-18-17(15)7-8-21-18/h2,4,6-8,14,16,21H,3,5,9-13H2,1H3,(H,22,27)/t16-/m0/s1. The third kappa shape index (κ3) is 4.07. The molecule has 0 aliphatic carbocycles. The lowest BCUT2D eigenvalue weighted by molar-refractivity contribution is 0.0932. The molecule has 1 fully saturated rings. The summed E-state index contributed by atoms with van der Waals surface area (Å²) in [4.78, 5) is 17.9. The van der Waals surface area contributed by atoms with Crippen LogP contribution in [-0.2, 0) is 17.8 Å². The zero-order valence-corrected chi connectivity index (χ0v) is 16.1. The molecule has 2 N–H and O–H groups in total. The first-order chi connectivity index (χ1) is 13.7. The summed E-state index contributed by atoms with van der Waals surface area (Å²) in [5, 5.41) is 12.2. The van der Waals surface area contributed by atoms with Crippen LogP contribution in [0.2, 0.25) is 0 Å². The molecule has 8 heteroatoms. The SMILES string of the molecule is COCCNC(=O)c1cn(C[C@@H]2CCCN2Cc2cccc3[nH]ccc23)nn1. The summed E-state index contributed by atoms with van der Waals surface area (Å²) in [5.41, 5.74) is 2.86. The highest BCUT2D eigenvalue weighted by Gasteiger charge is 2.26. The van der Waals surface area contributed by atoms with Crippen LogP contribution < -0.4 is 5.32 Å². The fraction of sp³-hybridized carbons (Fsp3) is 0.450. The van der Waals surface area contributed by atoms with Gasteiger partial charge in [-0.3, -0.25) is 14.4 Å². The lowest BCUT2D eigenvalue weighted by Gasteiger charge is -2.24. The highest BCUT2D eigenvalue weighted by atomic mass is 16.5. The third-order valence-electron chi connectivity index (χ3n) is 5.32. The number of nitrogens with zero attached hydrogens (tertiary/aromatic N) is 4. The second-order valence-electron chi connectivity index (χ2n) is 7.20. The van der Waals surface area contributed by atoms with Crippen LogP contribution in [0, 0.1) is 0 Å². The molecule has 28 heavy (non-hydrogen) atoms. The van der Waals surface area contributed by atoms with Crippen molar-refractivity contribution in [3.8, 4) is 0 Å². The number of ether oxygens (including phenoxy) is 1. The number of H-pyrrole nitrogens is 1. The number of aromatic amines is 1. The predicted molar refractivity (Wildman–Crippen MR) is 106 cm³/mol. The molecule has 0 unspecified atom stereocenters. The molecule has 148 valence electrons. The Hall–Kier alpha value is -2.71. The first-order valence-corrected chi connectivity index (χ1v) is 9.71. The van der Waals surface area contributed by atoms with E-state index >= 15 is 0 Å². The number of fused-ring (bicyclic) bond motifs is 1. The predicted octanol–water partition coefficient (Wildman–Crippen LogP) is 1.80. The minimum Gasteiger partial charge on any atom is -0.383 e. The van der Waals surface area contributed by atoms with Crippen molar-refractivity contribution in [2.45, 2.75) is 32.0 Å². The Labute approximate surface area is 163 Å². The van der Waals surface area contributed by atoms with Gasteiger partial charge < -0.3 is 15.0 Å². The fourth-order valence-electron chi connectivity index (χ4n) is 3.88. The molecule has 1 aromatic carbocycles. The normalized spacial score (nSPS) is 17.4. The number of carbonyl (C=O) groups excluding carboxylic acids is 1. The van der Waals surface area contributed by atoms with Gasteiger partial charge in [0.25, 0.3) is 5.91 Å². The molecule has 3 aromatic rings. The summed E-state index contributed by atoms with van der Waals surface area (Å²) in [6.45, 7) is 3.67. The number of methoxy groups -OCH3 is 1. The summed E-state index contributed by atoms with van der Waals surface area (Å²) in [7, 11) is 1.60. The Kier molecular flexibility index (Phi) is 5.68. The molecule has 0 saturated carbocycles. The van der Waals surface area contributed by atoms with Gasteiger partial charge in [0.15, 0.2) is 5.69 Å². The molecule has 1 aliphatic heterocycles. The molecule has 0 bridgehead atoms. The lowest BCUT2D eigenvalue weighted by atomic mass is 10.1. The van der Waals surface area contributed by atoms with Crippen LogP contribution in [0.15, 0.2) is 36.7 Å². The average molecular weight is 382 g/mol. The van der Waals surface area contributed by atoms with E-state index in [1.807, 2.05) is 6.20 Å². The van der Waals surface area contributed by atoms with E-state index in [0.29, 0.717) is 24.9 Å².